The lowest BCUT2D eigenvalue weighted by atomic mass is 9.61. The van der Waals surface area contributed by atoms with Crippen LogP contribution in [0, 0.1) is 22.7 Å². The molecule has 1 saturated heterocycles. The maximum absolute atomic E-state index is 13.1. The molecule has 0 bridgehead atoms. The van der Waals surface area contributed by atoms with Crippen molar-refractivity contribution in [1.82, 2.24) is 0 Å². The summed E-state index contributed by atoms with van der Waals surface area (Å²) < 4.78 is 17.3. The van der Waals surface area contributed by atoms with Crippen LogP contribution in [0.25, 0.3) is 0 Å². The average Bonchev–Trinajstić information content (AvgIpc) is 3.18. The number of hydrogen-bond donors (Lipinski definition) is 0. The molecule has 0 radical (unpaired) electrons. The summed E-state index contributed by atoms with van der Waals surface area (Å²) in [6.45, 7) is 11.9. The number of rotatable bonds is 5. The Balaban J connectivity index is 2.07. The van der Waals surface area contributed by atoms with Crippen LogP contribution in [0.1, 0.15) is 47.0 Å². The van der Waals surface area contributed by atoms with Gasteiger partial charge in [0, 0.05) is 17.6 Å². The van der Waals surface area contributed by atoms with E-state index in [0.717, 1.165) is 6.42 Å². The molecule has 3 aliphatic rings. The van der Waals surface area contributed by atoms with Gasteiger partial charge in [0.25, 0.3) is 0 Å². The van der Waals surface area contributed by atoms with Crippen molar-refractivity contribution in [2.75, 3.05) is 12.9 Å². The van der Waals surface area contributed by atoms with Gasteiger partial charge in [-0.2, -0.15) is 0 Å². The van der Waals surface area contributed by atoms with Crippen LogP contribution in [0.2, 0.25) is 0 Å². The Hall–Kier alpha value is -2.02. The number of carbonyl (C=O) groups is 3. The highest BCUT2D eigenvalue weighted by molar-refractivity contribution is 8.01. The highest BCUT2D eigenvalue weighted by Gasteiger charge is 2.72. The number of cyclic esters (lactones) is 1. The third-order valence-corrected chi connectivity index (χ3v) is 8.02. The number of allylic oxidation sites excluding steroid dienone is 1. The zero-order chi connectivity index (χ0) is 23.0. The Bertz CT molecular complexity index is 827. The van der Waals surface area contributed by atoms with Gasteiger partial charge in [-0.05, 0) is 61.7 Å². The SMILES string of the molecule is C=C1COC(=O)C12CC1(C)C(C)CCC(OC(=O)/C=C/SC)C1C2OC(=O)/C(C)=C/C. The largest absolute Gasteiger partial charge is 0.460 e. The minimum atomic E-state index is -1.11. The first-order valence-electron chi connectivity index (χ1n) is 10.7. The van der Waals surface area contributed by atoms with E-state index in [1.54, 1.807) is 25.3 Å². The Morgan fingerprint density at radius 2 is 2.00 bits per heavy atom. The predicted molar refractivity (Wildman–Crippen MR) is 119 cm³/mol. The Kier molecular flexibility index (Phi) is 6.75. The van der Waals surface area contributed by atoms with Gasteiger partial charge in [0.2, 0.25) is 0 Å². The van der Waals surface area contributed by atoms with Crippen molar-refractivity contribution in [1.29, 1.82) is 0 Å². The van der Waals surface area contributed by atoms with Crippen molar-refractivity contribution in [2.24, 2.45) is 22.7 Å². The van der Waals surface area contributed by atoms with Gasteiger partial charge in [0.1, 0.15) is 24.2 Å². The number of thioether (sulfide) groups is 1. The van der Waals surface area contributed by atoms with E-state index < -0.39 is 35.5 Å². The molecule has 170 valence electrons. The fraction of sp³-hybridized carbons (Fsp3) is 0.625. The van der Waals surface area contributed by atoms with Gasteiger partial charge < -0.3 is 14.2 Å². The molecule has 0 N–H and O–H groups in total. The molecule has 3 fully saturated rings. The van der Waals surface area contributed by atoms with Crippen molar-refractivity contribution in [3.8, 4) is 0 Å². The van der Waals surface area contributed by atoms with Crippen LogP contribution in [0.5, 0.6) is 0 Å². The number of hydrogen-bond acceptors (Lipinski definition) is 7. The monoisotopic (exact) mass is 448 g/mol. The van der Waals surface area contributed by atoms with E-state index in [1.165, 1.54) is 17.8 Å². The molecule has 0 amide bonds. The lowest BCUT2D eigenvalue weighted by Gasteiger charge is -2.46. The van der Waals surface area contributed by atoms with E-state index in [1.807, 2.05) is 6.26 Å². The molecule has 1 aliphatic heterocycles. The second-order valence-electron chi connectivity index (χ2n) is 9.15. The molecule has 2 aliphatic carbocycles. The number of fused-ring (bicyclic) bond motifs is 1. The van der Waals surface area contributed by atoms with Crippen LogP contribution >= 0.6 is 11.8 Å². The maximum Gasteiger partial charge on any atom is 0.333 e. The highest BCUT2D eigenvalue weighted by atomic mass is 32.2. The zero-order valence-electron chi connectivity index (χ0n) is 18.9. The summed E-state index contributed by atoms with van der Waals surface area (Å²) in [6, 6.07) is 0. The minimum absolute atomic E-state index is 0.119. The summed E-state index contributed by atoms with van der Waals surface area (Å²) in [7, 11) is 0. The molecule has 31 heavy (non-hydrogen) atoms. The van der Waals surface area contributed by atoms with Crippen LogP contribution < -0.4 is 0 Å². The van der Waals surface area contributed by atoms with Crippen LogP contribution in [0.15, 0.2) is 35.3 Å². The smallest absolute Gasteiger partial charge is 0.333 e. The van der Waals surface area contributed by atoms with Crippen LogP contribution in [0.4, 0.5) is 0 Å². The number of ether oxygens (including phenoxy) is 3. The molecule has 7 heteroatoms. The Morgan fingerprint density at radius 3 is 2.58 bits per heavy atom. The molecule has 3 rings (SSSR count). The van der Waals surface area contributed by atoms with Gasteiger partial charge in [-0.25, -0.2) is 9.59 Å². The lowest BCUT2D eigenvalue weighted by molar-refractivity contribution is -0.171. The molecule has 6 nitrogen and oxygen atoms in total. The van der Waals surface area contributed by atoms with E-state index >= 15 is 0 Å². The highest BCUT2D eigenvalue weighted by Crippen LogP contribution is 2.66. The fourth-order valence-electron chi connectivity index (χ4n) is 5.53. The second-order valence-corrected chi connectivity index (χ2v) is 9.89. The van der Waals surface area contributed by atoms with Crippen molar-refractivity contribution >= 4 is 29.7 Å². The quantitative estimate of drug-likeness (QED) is 0.270. The summed E-state index contributed by atoms with van der Waals surface area (Å²) in [5.41, 5.74) is -0.403. The van der Waals surface area contributed by atoms with Gasteiger partial charge in [0.15, 0.2) is 0 Å². The summed E-state index contributed by atoms with van der Waals surface area (Å²) >= 11 is 1.41. The van der Waals surface area contributed by atoms with Gasteiger partial charge >= 0.3 is 17.9 Å². The molecule has 6 unspecified atom stereocenters. The normalized spacial score (nSPS) is 37.8. The molecule has 1 spiro atoms. The van der Waals surface area contributed by atoms with Crippen LogP contribution in [-0.2, 0) is 28.6 Å². The maximum atomic E-state index is 13.1. The molecule has 0 aromatic heterocycles. The van der Waals surface area contributed by atoms with Gasteiger partial charge in [-0.1, -0.05) is 26.5 Å². The number of esters is 3. The minimum Gasteiger partial charge on any atom is -0.460 e. The van der Waals surface area contributed by atoms with Crippen molar-refractivity contribution < 1.29 is 28.6 Å². The first kappa shape index (κ1) is 23.6. The molecule has 6 atom stereocenters. The first-order valence-corrected chi connectivity index (χ1v) is 12.0. The summed E-state index contributed by atoms with van der Waals surface area (Å²) in [5.74, 6) is -1.39. The number of carbonyl (C=O) groups excluding carboxylic acids is 3. The Labute approximate surface area is 188 Å². The van der Waals surface area contributed by atoms with E-state index in [2.05, 4.69) is 20.4 Å². The van der Waals surface area contributed by atoms with Gasteiger partial charge in [-0.15, -0.1) is 11.8 Å². The molecule has 1 heterocycles. The molecule has 0 aromatic rings. The molecular formula is C24H32O6S. The molecule has 2 saturated carbocycles. The third kappa shape index (κ3) is 3.86. The topological polar surface area (TPSA) is 78.9 Å². The van der Waals surface area contributed by atoms with Gasteiger partial charge in [-0.3, -0.25) is 4.79 Å². The average molecular weight is 449 g/mol. The van der Waals surface area contributed by atoms with E-state index in [0.29, 0.717) is 24.0 Å². The second kappa shape index (κ2) is 8.85. The first-order chi connectivity index (χ1) is 14.6. The Morgan fingerprint density at radius 1 is 1.29 bits per heavy atom. The summed E-state index contributed by atoms with van der Waals surface area (Å²) in [4.78, 5) is 38.3. The third-order valence-electron chi connectivity index (χ3n) is 7.61. The summed E-state index contributed by atoms with van der Waals surface area (Å²) in [5, 5.41) is 1.67. The van der Waals surface area contributed by atoms with Crippen molar-refractivity contribution in [2.45, 2.75) is 59.2 Å². The van der Waals surface area contributed by atoms with Crippen molar-refractivity contribution in [3.63, 3.8) is 0 Å². The van der Waals surface area contributed by atoms with E-state index in [9.17, 15) is 14.4 Å². The lowest BCUT2D eigenvalue weighted by Crippen LogP contribution is -2.50. The van der Waals surface area contributed by atoms with Gasteiger partial charge in [0.05, 0.1) is 0 Å². The predicted octanol–water partition coefficient (Wildman–Crippen LogP) is 4.21. The van der Waals surface area contributed by atoms with Crippen molar-refractivity contribution in [3.05, 3.63) is 35.3 Å². The van der Waals surface area contributed by atoms with E-state index in [4.69, 9.17) is 14.2 Å². The van der Waals surface area contributed by atoms with Crippen LogP contribution in [-0.4, -0.2) is 43.0 Å². The van der Waals surface area contributed by atoms with E-state index in [-0.39, 0.29) is 23.9 Å². The molecular weight excluding hydrogens is 416 g/mol. The molecule has 0 aromatic carbocycles. The zero-order valence-corrected chi connectivity index (χ0v) is 19.8. The standard InChI is InChI=1S/C24H32O6S/c1-7-14(2)21(26)30-20-19-17(29-18(25)10-11-31-6)9-8-15(3)23(19,5)13-24(20)16(4)12-28-22(24)27/h7,10-11,15,17,19-20H,4,8-9,12-13H2,1-3,5-6H3/b11-10+,14-7+. The summed E-state index contributed by atoms with van der Waals surface area (Å²) in [6.07, 6.45) is 5.64. The van der Waals surface area contributed by atoms with Crippen LogP contribution in [0.3, 0.4) is 0 Å². The fourth-order valence-corrected chi connectivity index (χ4v) is 5.78.